The number of nitrogens with one attached hydrogen (secondary N) is 1. The molecule has 0 aromatic carbocycles. The first-order valence-corrected chi connectivity index (χ1v) is 6.01. The summed E-state index contributed by atoms with van der Waals surface area (Å²) < 4.78 is 4.50. The van der Waals surface area contributed by atoms with Crippen molar-refractivity contribution in [3.8, 4) is 0 Å². The molecule has 1 rings (SSSR count). The fourth-order valence-corrected chi connectivity index (χ4v) is 1.79. The van der Waals surface area contributed by atoms with Gasteiger partial charge in [-0.05, 0) is 13.3 Å². The monoisotopic (exact) mass is 270 g/mol. The maximum absolute atomic E-state index is 11.9. The van der Waals surface area contributed by atoms with Crippen molar-refractivity contribution >= 4 is 18.0 Å². The summed E-state index contributed by atoms with van der Waals surface area (Å²) in [7, 11) is 1.26. The van der Waals surface area contributed by atoms with Crippen LogP contribution in [0.3, 0.4) is 0 Å². The summed E-state index contributed by atoms with van der Waals surface area (Å²) in [6.07, 6.45) is 3.55. The van der Waals surface area contributed by atoms with Crippen LogP contribution in [0.25, 0.3) is 0 Å². The number of carbonyl (C=O) groups excluding carboxylic acids is 2. The van der Waals surface area contributed by atoms with E-state index in [1.54, 1.807) is 19.1 Å². The Hall–Kier alpha value is -2.05. The lowest BCUT2D eigenvalue weighted by Gasteiger charge is -2.22. The maximum Gasteiger partial charge on any atom is 0.325 e. The predicted molar refractivity (Wildman–Crippen MR) is 66.5 cm³/mol. The maximum atomic E-state index is 11.9. The van der Waals surface area contributed by atoms with Crippen LogP contribution < -0.4 is 5.32 Å². The van der Waals surface area contributed by atoms with Crippen LogP contribution in [0.5, 0.6) is 0 Å². The van der Waals surface area contributed by atoms with Crippen LogP contribution in [0, 0.1) is 5.92 Å². The molecule has 0 aromatic heterocycles. The van der Waals surface area contributed by atoms with Gasteiger partial charge >= 0.3 is 18.0 Å². The Morgan fingerprint density at radius 3 is 2.58 bits per heavy atom. The molecule has 2 unspecified atom stereocenters. The van der Waals surface area contributed by atoms with Gasteiger partial charge in [-0.15, -0.1) is 0 Å². The molecule has 1 aliphatic rings. The molecule has 19 heavy (non-hydrogen) atoms. The molecule has 1 aliphatic carbocycles. The number of esters is 1. The van der Waals surface area contributed by atoms with Gasteiger partial charge in [-0.2, -0.15) is 0 Å². The van der Waals surface area contributed by atoms with E-state index in [0.717, 1.165) is 0 Å². The third-order valence-electron chi connectivity index (χ3n) is 2.93. The zero-order valence-electron chi connectivity index (χ0n) is 11.0. The first-order valence-electron chi connectivity index (χ1n) is 6.01. The molecule has 2 N–H and O–H groups in total. The minimum Gasteiger partial charge on any atom is -0.481 e. The highest BCUT2D eigenvalue weighted by Gasteiger charge is 2.26. The van der Waals surface area contributed by atoms with Gasteiger partial charge in [0.25, 0.3) is 0 Å². The number of hydrogen-bond donors (Lipinski definition) is 2. The second-order valence-corrected chi connectivity index (χ2v) is 4.21. The fraction of sp³-hybridized carbons (Fsp3) is 0.583. The number of rotatable bonds is 5. The SMILES string of the molecule is CCN(CC(=O)OC)C(=O)NC1C=CC(C(=O)O)C1. The van der Waals surface area contributed by atoms with Gasteiger partial charge in [-0.3, -0.25) is 9.59 Å². The molecule has 0 radical (unpaired) electrons. The van der Waals surface area contributed by atoms with Gasteiger partial charge in [0.05, 0.1) is 19.1 Å². The highest BCUT2D eigenvalue weighted by Crippen LogP contribution is 2.18. The number of ether oxygens (including phenoxy) is 1. The van der Waals surface area contributed by atoms with Gasteiger partial charge in [0.1, 0.15) is 6.54 Å². The molecule has 0 aliphatic heterocycles. The molecule has 2 amide bonds. The minimum atomic E-state index is -0.907. The van der Waals surface area contributed by atoms with E-state index in [1.807, 2.05) is 0 Å². The quantitative estimate of drug-likeness (QED) is 0.550. The molecule has 0 bridgehead atoms. The molecule has 0 fully saturated rings. The first-order chi connectivity index (χ1) is 8.97. The van der Waals surface area contributed by atoms with E-state index in [-0.39, 0.29) is 12.6 Å². The number of hydrogen-bond acceptors (Lipinski definition) is 4. The zero-order valence-corrected chi connectivity index (χ0v) is 11.0. The average Bonchev–Trinajstić information content (AvgIpc) is 2.84. The number of nitrogens with zero attached hydrogens (tertiary/aromatic N) is 1. The number of likely N-dealkylation sites (N-methyl/N-ethyl adjacent to an activating group) is 1. The summed E-state index contributed by atoms with van der Waals surface area (Å²) in [5, 5.41) is 11.5. The number of amides is 2. The summed E-state index contributed by atoms with van der Waals surface area (Å²) in [6.45, 7) is 1.98. The van der Waals surface area contributed by atoms with Gasteiger partial charge in [0, 0.05) is 6.54 Å². The Kier molecular flexibility index (Phi) is 5.35. The summed E-state index contributed by atoms with van der Waals surface area (Å²) >= 11 is 0. The van der Waals surface area contributed by atoms with Crippen LogP contribution in [-0.4, -0.2) is 54.2 Å². The van der Waals surface area contributed by atoms with Crippen LogP contribution >= 0.6 is 0 Å². The standard InChI is InChI=1S/C12H18N2O5/c1-3-14(7-10(15)19-2)12(18)13-9-5-4-8(6-9)11(16)17/h4-5,8-9H,3,6-7H2,1-2H3,(H,13,18)(H,16,17). The molecular weight excluding hydrogens is 252 g/mol. The van der Waals surface area contributed by atoms with Gasteiger partial charge in [-0.25, -0.2) is 4.79 Å². The van der Waals surface area contributed by atoms with E-state index in [9.17, 15) is 14.4 Å². The Morgan fingerprint density at radius 2 is 2.11 bits per heavy atom. The topological polar surface area (TPSA) is 95.9 Å². The lowest BCUT2D eigenvalue weighted by Crippen LogP contribution is -2.46. The summed E-state index contributed by atoms with van der Waals surface area (Å²) in [4.78, 5) is 35.1. The largest absolute Gasteiger partial charge is 0.481 e. The third kappa shape index (κ3) is 4.27. The Balaban J connectivity index is 2.48. The molecule has 0 heterocycles. The van der Waals surface area contributed by atoms with Gasteiger partial charge in [0.2, 0.25) is 0 Å². The molecule has 0 aromatic rings. The summed E-state index contributed by atoms with van der Waals surface area (Å²) in [5.41, 5.74) is 0. The van der Waals surface area contributed by atoms with Crippen molar-refractivity contribution in [1.29, 1.82) is 0 Å². The van der Waals surface area contributed by atoms with E-state index in [0.29, 0.717) is 13.0 Å². The van der Waals surface area contributed by atoms with Crippen LogP contribution in [-0.2, 0) is 14.3 Å². The number of carboxylic acid groups (broad SMARTS) is 1. The number of methoxy groups -OCH3 is 1. The van der Waals surface area contributed by atoms with Gasteiger partial charge < -0.3 is 20.1 Å². The highest BCUT2D eigenvalue weighted by molar-refractivity contribution is 5.81. The zero-order chi connectivity index (χ0) is 14.4. The average molecular weight is 270 g/mol. The van der Waals surface area contributed by atoms with Crippen molar-refractivity contribution in [2.45, 2.75) is 19.4 Å². The van der Waals surface area contributed by atoms with Crippen LogP contribution in [0.15, 0.2) is 12.2 Å². The van der Waals surface area contributed by atoms with Gasteiger partial charge in [0.15, 0.2) is 0 Å². The molecule has 0 saturated carbocycles. The molecule has 2 atom stereocenters. The number of urea groups is 1. The lowest BCUT2D eigenvalue weighted by atomic mass is 10.1. The van der Waals surface area contributed by atoms with Crippen molar-refractivity contribution in [3.63, 3.8) is 0 Å². The second kappa shape index (κ2) is 6.77. The van der Waals surface area contributed by atoms with Gasteiger partial charge in [-0.1, -0.05) is 12.2 Å². The van der Waals surface area contributed by atoms with Crippen molar-refractivity contribution in [2.75, 3.05) is 20.2 Å². The molecular formula is C12H18N2O5. The summed E-state index contributed by atoms with van der Waals surface area (Å²) in [6, 6.07) is -0.728. The first kappa shape index (κ1) is 15.0. The van der Waals surface area contributed by atoms with Crippen molar-refractivity contribution in [2.24, 2.45) is 5.92 Å². The van der Waals surface area contributed by atoms with Crippen molar-refractivity contribution < 1.29 is 24.2 Å². The molecule has 0 saturated heterocycles. The van der Waals surface area contributed by atoms with E-state index in [2.05, 4.69) is 10.1 Å². The van der Waals surface area contributed by atoms with E-state index in [4.69, 9.17) is 5.11 Å². The second-order valence-electron chi connectivity index (χ2n) is 4.21. The van der Waals surface area contributed by atoms with E-state index in [1.165, 1.54) is 12.0 Å². The Bertz CT molecular complexity index is 394. The van der Waals surface area contributed by atoms with Crippen molar-refractivity contribution in [3.05, 3.63) is 12.2 Å². The third-order valence-corrected chi connectivity index (χ3v) is 2.93. The lowest BCUT2D eigenvalue weighted by molar-refractivity contribution is -0.141. The normalized spacial score (nSPS) is 20.9. The van der Waals surface area contributed by atoms with Crippen LogP contribution in [0.2, 0.25) is 0 Å². The van der Waals surface area contributed by atoms with E-state index >= 15 is 0 Å². The Morgan fingerprint density at radius 1 is 1.42 bits per heavy atom. The number of aliphatic carboxylic acids is 1. The van der Waals surface area contributed by atoms with Crippen molar-refractivity contribution in [1.82, 2.24) is 10.2 Å². The Labute approximate surface area is 111 Å². The van der Waals surface area contributed by atoms with Crippen LogP contribution in [0.4, 0.5) is 4.79 Å². The smallest absolute Gasteiger partial charge is 0.325 e. The van der Waals surface area contributed by atoms with Crippen LogP contribution in [0.1, 0.15) is 13.3 Å². The molecule has 7 nitrogen and oxygen atoms in total. The van der Waals surface area contributed by atoms with E-state index < -0.39 is 23.9 Å². The minimum absolute atomic E-state index is 0.127. The number of carboxylic acids is 1. The highest BCUT2D eigenvalue weighted by atomic mass is 16.5. The fourth-order valence-electron chi connectivity index (χ4n) is 1.79. The number of carbonyl (C=O) groups is 3. The molecule has 7 heteroatoms. The summed E-state index contributed by atoms with van der Waals surface area (Å²) in [5.74, 6) is -1.97. The predicted octanol–water partition coefficient (Wildman–Crippen LogP) is 0.220. The molecule has 0 spiro atoms. The molecule has 106 valence electrons.